The van der Waals surface area contributed by atoms with E-state index < -0.39 is 0 Å². The molecule has 2 aromatic rings. The van der Waals surface area contributed by atoms with Gasteiger partial charge in [0.15, 0.2) is 5.75 Å². The normalized spacial score (nSPS) is 10.8. The topological polar surface area (TPSA) is 63.9 Å². The van der Waals surface area contributed by atoms with E-state index in [1.165, 1.54) is 0 Å². The van der Waals surface area contributed by atoms with E-state index in [4.69, 9.17) is 10.5 Å². The number of imidazole rings is 1. The number of rotatable bonds is 2. The highest BCUT2D eigenvalue weighted by atomic mass is 127. The van der Waals surface area contributed by atoms with E-state index in [9.17, 15) is 0 Å². The van der Waals surface area contributed by atoms with Crippen LogP contribution in [0.4, 0.5) is 0 Å². The van der Waals surface area contributed by atoms with Crippen LogP contribution in [0.5, 0.6) is 5.75 Å². The summed E-state index contributed by atoms with van der Waals surface area (Å²) in [5, 5.41) is 0. The second-order valence-corrected chi connectivity index (χ2v) is 4.03. The molecule has 74 valence electrons. The van der Waals surface area contributed by atoms with Gasteiger partial charge in [0.1, 0.15) is 11.3 Å². The van der Waals surface area contributed by atoms with E-state index in [0.29, 0.717) is 6.54 Å². The van der Waals surface area contributed by atoms with Crippen LogP contribution >= 0.6 is 22.6 Å². The Kier molecular flexibility index (Phi) is 2.60. The van der Waals surface area contributed by atoms with Crippen LogP contribution in [-0.4, -0.2) is 17.1 Å². The average Bonchev–Trinajstić information content (AvgIpc) is 2.60. The van der Waals surface area contributed by atoms with Gasteiger partial charge < -0.3 is 15.5 Å². The molecule has 0 radical (unpaired) electrons. The molecule has 14 heavy (non-hydrogen) atoms. The third kappa shape index (κ3) is 1.46. The number of halogens is 1. The predicted molar refractivity (Wildman–Crippen MR) is 63.3 cm³/mol. The number of nitrogens with two attached hydrogens (primary N) is 1. The van der Waals surface area contributed by atoms with E-state index in [1.807, 2.05) is 12.1 Å². The average molecular weight is 303 g/mol. The maximum atomic E-state index is 5.51. The smallest absolute Gasteiger partial charge is 0.159 e. The van der Waals surface area contributed by atoms with Gasteiger partial charge in [0.2, 0.25) is 0 Å². The molecule has 1 aromatic heterocycles. The van der Waals surface area contributed by atoms with Crippen LogP contribution in [-0.2, 0) is 6.54 Å². The number of hydrogen-bond donors (Lipinski definition) is 2. The molecule has 0 bridgehead atoms. The molecule has 1 aromatic carbocycles. The third-order valence-electron chi connectivity index (χ3n) is 2.01. The Morgan fingerprint density at radius 2 is 2.36 bits per heavy atom. The SMILES string of the molecule is COc1c(I)ccc2[nH]c(CN)nc12. The fourth-order valence-electron chi connectivity index (χ4n) is 1.37. The minimum atomic E-state index is 0.411. The van der Waals surface area contributed by atoms with Gasteiger partial charge in [0.25, 0.3) is 0 Å². The Morgan fingerprint density at radius 3 is 3.00 bits per heavy atom. The lowest BCUT2D eigenvalue weighted by molar-refractivity contribution is 0.416. The molecular weight excluding hydrogens is 293 g/mol. The van der Waals surface area contributed by atoms with Gasteiger partial charge in [-0.2, -0.15) is 0 Å². The lowest BCUT2D eigenvalue weighted by Crippen LogP contribution is -1.97. The van der Waals surface area contributed by atoms with E-state index in [0.717, 1.165) is 26.2 Å². The number of nitrogens with zero attached hydrogens (tertiary/aromatic N) is 1. The maximum absolute atomic E-state index is 5.51. The molecule has 5 heteroatoms. The summed E-state index contributed by atoms with van der Waals surface area (Å²) in [6.45, 7) is 0.411. The molecule has 1 heterocycles. The molecule has 0 spiro atoms. The van der Waals surface area contributed by atoms with Crippen molar-refractivity contribution in [3.63, 3.8) is 0 Å². The molecule has 0 saturated carbocycles. The Hall–Kier alpha value is -0.820. The van der Waals surface area contributed by atoms with Gasteiger partial charge in [-0.1, -0.05) is 0 Å². The Morgan fingerprint density at radius 1 is 1.57 bits per heavy atom. The summed E-state index contributed by atoms with van der Waals surface area (Å²) in [6, 6.07) is 3.96. The molecule has 0 unspecified atom stereocenters. The van der Waals surface area contributed by atoms with Gasteiger partial charge in [-0.25, -0.2) is 4.98 Å². The molecule has 0 aliphatic carbocycles. The van der Waals surface area contributed by atoms with Crippen molar-refractivity contribution in [2.45, 2.75) is 6.54 Å². The van der Waals surface area contributed by atoms with Gasteiger partial charge in [-0.3, -0.25) is 0 Å². The fraction of sp³-hybridized carbons (Fsp3) is 0.222. The molecule has 0 amide bonds. The van der Waals surface area contributed by atoms with Gasteiger partial charge in [0.05, 0.1) is 22.7 Å². The zero-order chi connectivity index (χ0) is 10.1. The van der Waals surface area contributed by atoms with Gasteiger partial charge in [-0.15, -0.1) is 0 Å². The zero-order valence-corrected chi connectivity index (χ0v) is 9.83. The molecule has 0 fully saturated rings. The first-order valence-electron chi connectivity index (χ1n) is 4.17. The second kappa shape index (κ2) is 3.74. The summed E-state index contributed by atoms with van der Waals surface area (Å²) in [5.41, 5.74) is 7.31. The van der Waals surface area contributed by atoms with Crippen molar-refractivity contribution < 1.29 is 4.74 Å². The van der Waals surface area contributed by atoms with Crippen molar-refractivity contribution in [3.05, 3.63) is 21.5 Å². The predicted octanol–water partition coefficient (Wildman–Crippen LogP) is 1.63. The van der Waals surface area contributed by atoms with Crippen molar-refractivity contribution >= 4 is 33.6 Å². The molecule has 0 atom stereocenters. The van der Waals surface area contributed by atoms with Crippen molar-refractivity contribution in [1.82, 2.24) is 9.97 Å². The molecular formula is C9H10IN3O. The van der Waals surface area contributed by atoms with Crippen LogP contribution < -0.4 is 10.5 Å². The second-order valence-electron chi connectivity index (χ2n) is 2.86. The number of fused-ring (bicyclic) bond motifs is 1. The summed E-state index contributed by atoms with van der Waals surface area (Å²) in [5.74, 6) is 1.58. The van der Waals surface area contributed by atoms with Gasteiger partial charge >= 0.3 is 0 Å². The highest BCUT2D eigenvalue weighted by molar-refractivity contribution is 14.1. The largest absolute Gasteiger partial charge is 0.493 e. The minimum Gasteiger partial charge on any atom is -0.493 e. The van der Waals surface area contributed by atoms with Crippen molar-refractivity contribution in [3.8, 4) is 5.75 Å². The van der Waals surface area contributed by atoms with Crippen molar-refractivity contribution in [1.29, 1.82) is 0 Å². The van der Waals surface area contributed by atoms with Crippen molar-refractivity contribution in [2.75, 3.05) is 7.11 Å². The Labute approximate surface area is 95.0 Å². The monoisotopic (exact) mass is 303 g/mol. The number of nitrogens with one attached hydrogen (secondary N) is 1. The Balaban J connectivity index is 2.73. The number of aromatic amines is 1. The summed E-state index contributed by atoms with van der Waals surface area (Å²) < 4.78 is 6.33. The van der Waals surface area contributed by atoms with E-state index in [-0.39, 0.29) is 0 Å². The molecule has 0 aliphatic rings. The number of ether oxygens (including phenoxy) is 1. The number of methoxy groups -OCH3 is 1. The molecule has 0 aliphatic heterocycles. The van der Waals surface area contributed by atoms with Crippen LogP contribution in [0.15, 0.2) is 12.1 Å². The van der Waals surface area contributed by atoms with Crippen LogP contribution in [0.3, 0.4) is 0 Å². The van der Waals surface area contributed by atoms with E-state index in [1.54, 1.807) is 7.11 Å². The maximum Gasteiger partial charge on any atom is 0.159 e. The zero-order valence-electron chi connectivity index (χ0n) is 7.67. The van der Waals surface area contributed by atoms with Crippen LogP contribution in [0.1, 0.15) is 5.82 Å². The first-order valence-corrected chi connectivity index (χ1v) is 5.25. The number of H-pyrrole nitrogens is 1. The molecule has 2 rings (SSSR count). The van der Waals surface area contributed by atoms with Gasteiger partial charge in [0, 0.05) is 0 Å². The molecule has 0 saturated heterocycles. The first-order chi connectivity index (χ1) is 6.76. The lowest BCUT2D eigenvalue weighted by Gasteiger charge is -2.02. The summed E-state index contributed by atoms with van der Waals surface area (Å²) in [6.07, 6.45) is 0. The number of benzene rings is 1. The third-order valence-corrected chi connectivity index (χ3v) is 2.86. The lowest BCUT2D eigenvalue weighted by atomic mass is 10.3. The number of aromatic nitrogens is 2. The summed E-state index contributed by atoms with van der Waals surface area (Å²) in [7, 11) is 1.65. The van der Waals surface area contributed by atoms with Crippen LogP contribution in [0.2, 0.25) is 0 Å². The van der Waals surface area contributed by atoms with Crippen LogP contribution in [0, 0.1) is 3.57 Å². The highest BCUT2D eigenvalue weighted by Crippen LogP contribution is 2.28. The highest BCUT2D eigenvalue weighted by Gasteiger charge is 2.09. The summed E-state index contributed by atoms with van der Waals surface area (Å²) >= 11 is 2.22. The molecule has 3 N–H and O–H groups in total. The fourth-order valence-corrected chi connectivity index (χ4v) is 2.02. The van der Waals surface area contributed by atoms with Crippen LogP contribution in [0.25, 0.3) is 11.0 Å². The number of hydrogen-bond acceptors (Lipinski definition) is 3. The standard InChI is InChI=1S/C9H10IN3O/c1-14-9-5(10)2-3-6-8(9)13-7(4-11)12-6/h2-3H,4,11H2,1H3,(H,12,13). The van der Waals surface area contributed by atoms with E-state index >= 15 is 0 Å². The first kappa shape index (κ1) is 9.72. The summed E-state index contributed by atoms with van der Waals surface area (Å²) in [4.78, 5) is 7.48. The Bertz CT molecular complexity index is 466. The quantitative estimate of drug-likeness (QED) is 0.829. The van der Waals surface area contributed by atoms with Crippen molar-refractivity contribution in [2.24, 2.45) is 5.73 Å². The molecule has 4 nitrogen and oxygen atoms in total. The van der Waals surface area contributed by atoms with Gasteiger partial charge in [-0.05, 0) is 34.7 Å². The minimum absolute atomic E-state index is 0.411. The van der Waals surface area contributed by atoms with E-state index in [2.05, 4.69) is 32.6 Å².